The van der Waals surface area contributed by atoms with E-state index in [0.717, 1.165) is 35.5 Å². The van der Waals surface area contributed by atoms with Gasteiger partial charge in [0.15, 0.2) is 0 Å². The van der Waals surface area contributed by atoms with E-state index in [-0.39, 0.29) is 12.3 Å². The Morgan fingerprint density at radius 3 is 2.60 bits per heavy atom. The molecule has 6 heteroatoms. The lowest BCUT2D eigenvalue weighted by atomic mass is 10.00. The van der Waals surface area contributed by atoms with Crippen molar-refractivity contribution in [2.24, 2.45) is 5.73 Å². The number of piperidine rings is 1. The summed E-state index contributed by atoms with van der Waals surface area (Å²) in [6, 6.07) is 9.37. The fourth-order valence-electron chi connectivity index (χ4n) is 3.53. The Morgan fingerprint density at radius 2 is 1.92 bits per heavy atom. The zero-order valence-electron chi connectivity index (χ0n) is 14.7. The Balaban J connectivity index is 1.84. The molecular formula is C19H24N4O2. The summed E-state index contributed by atoms with van der Waals surface area (Å²) in [6.45, 7) is 4.48. The number of para-hydroxylation sites is 1. The summed E-state index contributed by atoms with van der Waals surface area (Å²) < 4.78 is 1.86. The molecule has 0 radical (unpaired) electrons. The van der Waals surface area contributed by atoms with Crippen molar-refractivity contribution in [3.63, 3.8) is 0 Å². The molecule has 1 aromatic heterocycles. The van der Waals surface area contributed by atoms with Gasteiger partial charge >= 0.3 is 0 Å². The molecule has 0 saturated carbocycles. The average Bonchev–Trinajstić information content (AvgIpc) is 2.90. The fraction of sp³-hybridized carbons (Fsp3) is 0.421. The van der Waals surface area contributed by atoms with Crippen LogP contribution in [0.1, 0.15) is 36.2 Å². The summed E-state index contributed by atoms with van der Waals surface area (Å²) in [7, 11) is 0. The van der Waals surface area contributed by atoms with Crippen molar-refractivity contribution in [1.29, 1.82) is 0 Å². The Morgan fingerprint density at radius 1 is 1.20 bits per heavy atom. The van der Waals surface area contributed by atoms with E-state index in [4.69, 9.17) is 5.73 Å². The van der Waals surface area contributed by atoms with Gasteiger partial charge in [0.1, 0.15) is 6.04 Å². The second-order valence-corrected chi connectivity index (χ2v) is 6.57. The summed E-state index contributed by atoms with van der Waals surface area (Å²) >= 11 is 0. The fourth-order valence-corrected chi connectivity index (χ4v) is 3.53. The Labute approximate surface area is 147 Å². The van der Waals surface area contributed by atoms with Gasteiger partial charge in [-0.3, -0.25) is 9.59 Å². The molecule has 3 rings (SSSR count). The summed E-state index contributed by atoms with van der Waals surface area (Å²) in [5.41, 5.74) is 9.15. The van der Waals surface area contributed by atoms with Gasteiger partial charge in [-0.2, -0.15) is 5.10 Å². The number of hydrogen-bond donors (Lipinski definition) is 1. The Bertz CT molecular complexity index is 782. The Hall–Kier alpha value is -2.63. The van der Waals surface area contributed by atoms with Crippen molar-refractivity contribution in [2.75, 3.05) is 6.54 Å². The van der Waals surface area contributed by atoms with Crippen molar-refractivity contribution in [1.82, 2.24) is 14.7 Å². The van der Waals surface area contributed by atoms with E-state index >= 15 is 0 Å². The van der Waals surface area contributed by atoms with Crippen LogP contribution in [0.5, 0.6) is 0 Å². The maximum absolute atomic E-state index is 12.8. The van der Waals surface area contributed by atoms with Gasteiger partial charge in [0.25, 0.3) is 0 Å². The maximum Gasteiger partial charge on any atom is 0.240 e. The van der Waals surface area contributed by atoms with Crippen LogP contribution in [0.25, 0.3) is 5.69 Å². The van der Waals surface area contributed by atoms with Crippen molar-refractivity contribution >= 4 is 11.8 Å². The van der Waals surface area contributed by atoms with Crippen LogP contribution < -0.4 is 5.73 Å². The second-order valence-electron chi connectivity index (χ2n) is 6.57. The van der Waals surface area contributed by atoms with Gasteiger partial charge in [-0.05, 0) is 45.2 Å². The van der Waals surface area contributed by atoms with Gasteiger partial charge in [-0.1, -0.05) is 18.2 Å². The molecule has 0 unspecified atom stereocenters. The molecule has 2 aromatic rings. The SMILES string of the molecule is Cc1nn(-c2ccccc2)c(C)c1CC(=O)N1CCCC[C@@H]1C(N)=O. The molecule has 1 aliphatic rings. The number of rotatable bonds is 4. The van der Waals surface area contributed by atoms with Gasteiger partial charge in [0.05, 0.1) is 17.8 Å². The van der Waals surface area contributed by atoms with Crippen molar-refractivity contribution in [2.45, 2.75) is 45.6 Å². The lowest BCUT2D eigenvalue weighted by Gasteiger charge is -2.33. The van der Waals surface area contributed by atoms with Gasteiger partial charge in [-0.25, -0.2) is 4.68 Å². The van der Waals surface area contributed by atoms with Gasteiger partial charge < -0.3 is 10.6 Å². The van der Waals surface area contributed by atoms with E-state index in [1.54, 1.807) is 4.90 Å². The summed E-state index contributed by atoms with van der Waals surface area (Å²) in [5.74, 6) is -0.469. The van der Waals surface area contributed by atoms with Crippen molar-refractivity contribution in [3.8, 4) is 5.69 Å². The number of likely N-dealkylation sites (tertiary alicyclic amines) is 1. The first-order valence-corrected chi connectivity index (χ1v) is 8.68. The van der Waals surface area contributed by atoms with E-state index in [1.165, 1.54) is 0 Å². The number of nitrogens with two attached hydrogens (primary N) is 1. The maximum atomic E-state index is 12.8. The molecule has 0 bridgehead atoms. The zero-order chi connectivity index (χ0) is 18.0. The lowest BCUT2D eigenvalue weighted by Crippen LogP contribution is -2.51. The number of nitrogens with zero attached hydrogens (tertiary/aromatic N) is 3. The molecule has 132 valence electrons. The quantitative estimate of drug-likeness (QED) is 0.923. The van der Waals surface area contributed by atoms with Crippen LogP contribution in [0.4, 0.5) is 0 Å². The molecule has 2 N–H and O–H groups in total. The number of primary amides is 1. The molecule has 1 aliphatic heterocycles. The van der Waals surface area contributed by atoms with Crippen LogP contribution in [-0.2, 0) is 16.0 Å². The molecule has 1 fully saturated rings. The van der Waals surface area contributed by atoms with E-state index in [1.807, 2.05) is 48.9 Å². The topological polar surface area (TPSA) is 81.2 Å². The third kappa shape index (κ3) is 3.43. The molecule has 6 nitrogen and oxygen atoms in total. The number of carbonyl (C=O) groups excluding carboxylic acids is 2. The number of benzene rings is 1. The highest BCUT2D eigenvalue weighted by Gasteiger charge is 2.31. The molecular weight excluding hydrogens is 316 g/mol. The predicted octanol–water partition coefficient (Wildman–Crippen LogP) is 1.90. The van der Waals surface area contributed by atoms with Crippen LogP contribution in [0.15, 0.2) is 30.3 Å². The number of aryl methyl sites for hydroxylation is 1. The standard InChI is InChI=1S/C19H24N4O2/c1-13-16(14(2)23(21-13)15-8-4-3-5-9-15)12-18(24)22-11-7-6-10-17(22)19(20)25/h3-5,8-9,17H,6-7,10-12H2,1-2H3,(H2,20,25)/t17-/m1/s1. The first kappa shape index (κ1) is 17.2. The number of carbonyl (C=O) groups is 2. The number of amides is 2. The van der Waals surface area contributed by atoms with Crippen LogP contribution in [0.3, 0.4) is 0 Å². The van der Waals surface area contributed by atoms with Crippen LogP contribution in [-0.4, -0.2) is 39.1 Å². The summed E-state index contributed by atoms with van der Waals surface area (Å²) in [4.78, 5) is 26.1. The molecule has 0 aliphatic carbocycles. The first-order valence-electron chi connectivity index (χ1n) is 8.68. The monoisotopic (exact) mass is 340 g/mol. The summed E-state index contributed by atoms with van der Waals surface area (Å²) in [6.07, 6.45) is 2.74. The predicted molar refractivity (Wildman–Crippen MR) is 95.3 cm³/mol. The van der Waals surface area contributed by atoms with Crippen LogP contribution >= 0.6 is 0 Å². The number of hydrogen-bond acceptors (Lipinski definition) is 3. The third-order valence-corrected chi connectivity index (χ3v) is 4.92. The minimum absolute atomic E-state index is 0.0534. The van der Waals surface area contributed by atoms with E-state index in [0.29, 0.717) is 13.0 Å². The van der Waals surface area contributed by atoms with Gasteiger partial charge in [0.2, 0.25) is 11.8 Å². The van der Waals surface area contributed by atoms with E-state index in [9.17, 15) is 9.59 Å². The normalized spacial score (nSPS) is 17.5. The zero-order valence-corrected chi connectivity index (χ0v) is 14.7. The molecule has 1 atom stereocenters. The smallest absolute Gasteiger partial charge is 0.240 e. The largest absolute Gasteiger partial charge is 0.368 e. The highest BCUT2D eigenvalue weighted by Crippen LogP contribution is 2.22. The number of aromatic nitrogens is 2. The summed E-state index contributed by atoms with van der Waals surface area (Å²) in [5, 5.41) is 4.59. The van der Waals surface area contributed by atoms with Crippen molar-refractivity contribution < 1.29 is 9.59 Å². The molecule has 0 spiro atoms. The Kier molecular flexibility index (Phi) is 4.88. The highest BCUT2D eigenvalue weighted by atomic mass is 16.2. The van der Waals surface area contributed by atoms with Crippen LogP contribution in [0.2, 0.25) is 0 Å². The molecule has 2 amide bonds. The molecule has 1 aromatic carbocycles. The minimum atomic E-state index is -0.481. The van der Waals surface area contributed by atoms with Gasteiger partial charge in [0, 0.05) is 17.8 Å². The van der Waals surface area contributed by atoms with Crippen LogP contribution in [0, 0.1) is 13.8 Å². The average molecular weight is 340 g/mol. The molecule has 1 saturated heterocycles. The second kappa shape index (κ2) is 7.09. The first-order chi connectivity index (χ1) is 12.0. The molecule has 25 heavy (non-hydrogen) atoms. The lowest BCUT2D eigenvalue weighted by molar-refractivity contribution is -0.140. The van der Waals surface area contributed by atoms with Crippen molar-refractivity contribution in [3.05, 3.63) is 47.3 Å². The highest BCUT2D eigenvalue weighted by molar-refractivity contribution is 5.88. The van der Waals surface area contributed by atoms with E-state index in [2.05, 4.69) is 5.10 Å². The molecule has 2 heterocycles. The third-order valence-electron chi connectivity index (χ3n) is 4.92. The van der Waals surface area contributed by atoms with E-state index < -0.39 is 11.9 Å². The minimum Gasteiger partial charge on any atom is -0.368 e. The van der Waals surface area contributed by atoms with Gasteiger partial charge in [-0.15, -0.1) is 0 Å².